The third-order valence-electron chi connectivity index (χ3n) is 10.1. The number of aliphatic hydroxyl groups is 1. The van der Waals surface area contributed by atoms with Crippen molar-refractivity contribution in [2.24, 2.45) is 0 Å². The molecule has 0 saturated heterocycles. The van der Waals surface area contributed by atoms with Gasteiger partial charge in [-0.15, -0.1) is 0 Å². The Morgan fingerprint density at radius 1 is 0.608 bits per heavy atom. The standard InChI is InChI=1S/C42H87N2O6P/c1-6-8-10-12-14-15-16-17-18-19-20-21-22-23-24-25-26-27-28-30-32-34-36-42(46)43-40(41(45)35-33-31-29-13-11-9-7-2)39-50-51(47,48)49-38-37-44(3,4)5/h40-41,45H,6-39H2,1-5H3,(H-,43,46,47,48). The molecule has 0 rings (SSSR count). The predicted molar refractivity (Wildman–Crippen MR) is 215 cm³/mol. The number of aliphatic hydroxyl groups excluding tert-OH is 1. The minimum Gasteiger partial charge on any atom is -0.756 e. The lowest BCUT2D eigenvalue weighted by molar-refractivity contribution is -0.870. The second-order valence-corrected chi connectivity index (χ2v) is 17.8. The van der Waals surface area contributed by atoms with Crippen molar-refractivity contribution >= 4 is 13.7 Å². The molecule has 2 N–H and O–H groups in total. The van der Waals surface area contributed by atoms with Gasteiger partial charge in [0.25, 0.3) is 7.82 Å². The maximum Gasteiger partial charge on any atom is 0.268 e. The number of unbranched alkanes of at least 4 members (excludes halogenated alkanes) is 27. The van der Waals surface area contributed by atoms with Gasteiger partial charge in [0.15, 0.2) is 0 Å². The van der Waals surface area contributed by atoms with Gasteiger partial charge in [0.2, 0.25) is 5.91 Å². The SMILES string of the molecule is CCCCCCCCCCCCCCCCCCCCCCCCC(=O)NC(COP(=O)([O-])OCC[N+](C)(C)C)C(O)CCCCCCCCC. The first kappa shape index (κ1) is 50.5. The van der Waals surface area contributed by atoms with Crippen molar-refractivity contribution in [2.75, 3.05) is 40.9 Å². The molecule has 0 aliphatic rings. The molecule has 1 amide bonds. The third kappa shape index (κ3) is 37.6. The lowest BCUT2D eigenvalue weighted by Crippen LogP contribution is -2.46. The number of rotatable bonds is 40. The van der Waals surface area contributed by atoms with Gasteiger partial charge in [0.1, 0.15) is 13.2 Å². The van der Waals surface area contributed by atoms with Gasteiger partial charge in [0.05, 0.1) is 39.9 Å². The lowest BCUT2D eigenvalue weighted by atomic mass is 10.0. The summed E-state index contributed by atoms with van der Waals surface area (Å²) in [4.78, 5) is 25.2. The smallest absolute Gasteiger partial charge is 0.268 e. The fourth-order valence-electron chi connectivity index (χ4n) is 6.57. The first-order valence-corrected chi connectivity index (χ1v) is 23.3. The molecule has 0 aliphatic carbocycles. The molecular weight excluding hydrogens is 659 g/mol. The van der Waals surface area contributed by atoms with E-state index in [1.807, 2.05) is 21.1 Å². The van der Waals surface area contributed by atoms with Crippen LogP contribution in [0.3, 0.4) is 0 Å². The normalized spacial score (nSPS) is 14.4. The highest BCUT2D eigenvalue weighted by Gasteiger charge is 2.24. The summed E-state index contributed by atoms with van der Waals surface area (Å²) >= 11 is 0. The molecule has 0 heterocycles. The number of phosphoric ester groups is 1. The average Bonchev–Trinajstić information content (AvgIpc) is 3.07. The van der Waals surface area contributed by atoms with Gasteiger partial charge in [-0.1, -0.05) is 194 Å². The summed E-state index contributed by atoms with van der Waals surface area (Å²) in [5.41, 5.74) is 0. The molecule has 306 valence electrons. The molecule has 3 unspecified atom stereocenters. The Hall–Kier alpha value is -0.500. The van der Waals surface area contributed by atoms with Gasteiger partial charge in [-0.2, -0.15) is 0 Å². The first-order chi connectivity index (χ1) is 24.5. The Bertz CT molecular complexity index is 809. The Balaban J connectivity index is 4.08. The quantitative estimate of drug-likeness (QED) is 0.0367. The Kier molecular flexibility index (Phi) is 34.9. The van der Waals surface area contributed by atoms with E-state index in [1.165, 1.54) is 148 Å². The van der Waals surface area contributed by atoms with Crippen LogP contribution in [-0.2, 0) is 18.4 Å². The van der Waals surface area contributed by atoms with Crippen LogP contribution in [0.2, 0.25) is 0 Å². The molecule has 3 atom stereocenters. The number of likely N-dealkylation sites (N-methyl/N-ethyl adjacent to an activating group) is 1. The van der Waals surface area contributed by atoms with Gasteiger partial charge in [-0.05, 0) is 12.8 Å². The number of quaternary nitrogens is 1. The second-order valence-electron chi connectivity index (χ2n) is 16.4. The molecule has 0 aromatic heterocycles. The highest BCUT2D eigenvalue weighted by molar-refractivity contribution is 7.45. The number of carbonyl (C=O) groups is 1. The van der Waals surface area contributed by atoms with Crippen LogP contribution in [0.15, 0.2) is 0 Å². The molecule has 0 aromatic rings. The van der Waals surface area contributed by atoms with Crippen molar-refractivity contribution in [2.45, 2.75) is 225 Å². The molecule has 8 nitrogen and oxygen atoms in total. The monoisotopic (exact) mass is 747 g/mol. The third-order valence-corrected chi connectivity index (χ3v) is 11.1. The van der Waals surface area contributed by atoms with E-state index in [0.29, 0.717) is 23.9 Å². The van der Waals surface area contributed by atoms with E-state index in [9.17, 15) is 19.4 Å². The maximum atomic E-state index is 12.8. The second kappa shape index (κ2) is 35.2. The Labute approximate surface area is 317 Å². The number of nitrogens with one attached hydrogen (secondary N) is 1. The highest BCUT2D eigenvalue weighted by Crippen LogP contribution is 2.38. The largest absolute Gasteiger partial charge is 0.756 e. The molecule has 0 fully saturated rings. The number of hydrogen-bond donors (Lipinski definition) is 2. The summed E-state index contributed by atoms with van der Waals surface area (Å²) in [5, 5.41) is 13.8. The number of amides is 1. The van der Waals surface area contributed by atoms with Crippen LogP contribution < -0.4 is 10.2 Å². The summed E-state index contributed by atoms with van der Waals surface area (Å²) in [6.45, 7) is 4.68. The fraction of sp³-hybridized carbons (Fsp3) is 0.976. The number of phosphoric acid groups is 1. The molecule has 0 bridgehead atoms. The van der Waals surface area contributed by atoms with Crippen LogP contribution in [0.5, 0.6) is 0 Å². The lowest BCUT2D eigenvalue weighted by Gasteiger charge is -2.30. The fourth-order valence-corrected chi connectivity index (χ4v) is 7.29. The van der Waals surface area contributed by atoms with E-state index in [2.05, 4.69) is 19.2 Å². The van der Waals surface area contributed by atoms with Crippen LogP contribution in [-0.4, -0.2) is 68.5 Å². The van der Waals surface area contributed by atoms with Gasteiger partial charge in [-0.25, -0.2) is 0 Å². The van der Waals surface area contributed by atoms with Crippen LogP contribution in [0, 0.1) is 0 Å². The topological polar surface area (TPSA) is 108 Å². The minimum absolute atomic E-state index is 0.0153. The highest BCUT2D eigenvalue weighted by atomic mass is 31.2. The van der Waals surface area contributed by atoms with Gasteiger partial charge < -0.3 is 28.8 Å². The molecule has 0 aromatic carbocycles. The zero-order valence-corrected chi connectivity index (χ0v) is 35.5. The summed E-state index contributed by atoms with van der Waals surface area (Å²) in [6, 6.07) is -0.790. The average molecular weight is 747 g/mol. The number of nitrogens with zero attached hydrogens (tertiary/aromatic N) is 1. The Morgan fingerprint density at radius 2 is 0.961 bits per heavy atom. The van der Waals surface area contributed by atoms with E-state index in [1.54, 1.807) is 0 Å². The number of carbonyl (C=O) groups excluding carboxylic acids is 1. The van der Waals surface area contributed by atoms with Gasteiger partial charge >= 0.3 is 0 Å². The zero-order valence-electron chi connectivity index (χ0n) is 34.6. The van der Waals surface area contributed by atoms with Crippen LogP contribution >= 0.6 is 7.82 Å². The molecule has 9 heteroatoms. The molecule has 0 aliphatic heterocycles. The molecule has 0 spiro atoms. The van der Waals surface area contributed by atoms with E-state index < -0.39 is 20.0 Å². The van der Waals surface area contributed by atoms with Crippen molar-refractivity contribution in [1.82, 2.24) is 5.32 Å². The summed E-state index contributed by atoms with van der Waals surface area (Å²) < 4.78 is 23.1. The molecule has 51 heavy (non-hydrogen) atoms. The maximum absolute atomic E-state index is 12.8. The van der Waals surface area contributed by atoms with Crippen LogP contribution in [0.1, 0.15) is 213 Å². The molecule has 0 radical (unpaired) electrons. The van der Waals surface area contributed by atoms with Crippen molar-refractivity contribution in [3.63, 3.8) is 0 Å². The van der Waals surface area contributed by atoms with Crippen molar-refractivity contribution in [3.05, 3.63) is 0 Å². The van der Waals surface area contributed by atoms with Crippen molar-refractivity contribution < 1.29 is 32.9 Å². The first-order valence-electron chi connectivity index (χ1n) is 21.9. The van der Waals surface area contributed by atoms with Crippen molar-refractivity contribution in [3.8, 4) is 0 Å². The molecule has 0 saturated carbocycles. The van der Waals surface area contributed by atoms with Crippen LogP contribution in [0.4, 0.5) is 0 Å². The zero-order chi connectivity index (χ0) is 37.9. The van der Waals surface area contributed by atoms with Gasteiger partial charge in [0, 0.05) is 6.42 Å². The van der Waals surface area contributed by atoms with Gasteiger partial charge in [-0.3, -0.25) is 9.36 Å². The van der Waals surface area contributed by atoms with Crippen molar-refractivity contribution in [1.29, 1.82) is 0 Å². The Morgan fingerprint density at radius 3 is 1.33 bits per heavy atom. The van der Waals surface area contributed by atoms with E-state index >= 15 is 0 Å². The summed E-state index contributed by atoms with van der Waals surface area (Å²) in [6.07, 6.45) is 37.0. The van der Waals surface area contributed by atoms with E-state index in [4.69, 9.17) is 9.05 Å². The predicted octanol–water partition coefficient (Wildman–Crippen LogP) is 11.2. The minimum atomic E-state index is -4.55. The van der Waals surface area contributed by atoms with E-state index in [-0.39, 0.29) is 19.1 Å². The van der Waals surface area contributed by atoms with Crippen LogP contribution in [0.25, 0.3) is 0 Å². The summed E-state index contributed by atoms with van der Waals surface area (Å²) in [5.74, 6) is -0.165. The number of hydrogen-bond acceptors (Lipinski definition) is 6. The summed E-state index contributed by atoms with van der Waals surface area (Å²) in [7, 11) is 1.31. The molecular formula is C42H87N2O6P. The van der Waals surface area contributed by atoms with E-state index in [0.717, 1.165) is 38.5 Å².